The van der Waals surface area contributed by atoms with Gasteiger partial charge in [-0.25, -0.2) is 9.97 Å². The van der Waals surface area contributed by atoms with Crippen LogP contribution in [0.2, 0.25) is 0 Å². The molecule has 0 amide bonds. The Labute approximate surface area is 85.0 Å². The van der Waals surface area contributed by atoms with E-state index >= 15 is 0 Å². The van der Waals surface area contributed by atoms with Crippen LogP contribution in [0.4, 0.5) is 5.82 Å². The highest BCUT2D eigenvalue weighted by Crippen LogP contribution is 1.98. The average Bonchev–Trinajstić information content (AvgIpc) is 2.12. The van der Waals surface area contributed by atoms with Gasteiger partial charge in [-0.1, -0.05) is 13.8 Å². The third kappa shape index (κ3) is 4.18. The maximum absolute atomic E-state index is 5.53. The molecule has 4 nitrogen and oxygen atoms in total. The van der Waals surface area contributed by atoms with E-state index in [0.717, 1.165) is 18.3 Å². The smallest absolute Gasteiger partial charge is 0.144 e. The van der Waals surface area contributed by atoms with Crippen LogP contribution >= 0.6 is 0 Å². The molecular weight excluding hydrogens is 176 g/mol. The molecule has 0 saturated heterocycles. The van der Waals surface area contributed by atoms with E-state index in [-0.39, 0.29) is 0 Å². The Balaban J connectivity index is 2.25. The topological polar surface area (TPSA) is 63.8 Å². The minimum absolute atomic E-state index is 0.528. The first-order chi connectivity index (χ1) is 6.68. The fourth-order valence-electron chi connectivity index (χ4n) is 1.09. The van der Waals surface area contributed by atoms with Crippen molar-refractivity contribution in [1.29, 1.82) is 0 Å². The van der Waals surface area contributed by atoms with Gasteiger partial charge in [-0.3, -0.25) is 0 Å². The molecule has 0 spiro atoms. The number of nitrogen functional groups attached to an aromatic ring is 1. The summed E-state index contributed by atoms with van der Waals surface area (Å²) in [6.07, 6.45) is 2.85. The number of anilines is 1. The molecule has 78 valence electrons. The molecule has 0 unspecified atom stereocenters. The van der Waals surface area contributed by atoms with Gasteiger partial charge >= 0.3 is 0 Å². The maximum Gasteiger partial charge on any atom is 0.144 e. The lowest BCUT2D eigenvalue weighted by Gasteiger charge is -2.05. The molecule has 0 fully saturated rings. The summed E-state index contributed by atoms with van der Waals surface area (Å²) in [6.45, 7) is 6.10. The van der Waals surface area contributed by atoms with Gasteiger partial charge in [0.1, 0.15) is 11.6 Å². The summed E-state index contributed by atoms with van der Waals surface area (Å²) < 4.78 is 0. The zero-order chi connectivity index (χ0) is 10.4. The number of rotatable bonds is 5. The van der Waals surface area contributed by atoms with Gasteiger partial charge in [-0.05, 0) is 24.9 Å². The number of nitrogens with zero attached hydrogens (tertiary/aromatic N) is 2. The van der Waals surface area contributed by atoms with E-state index in [2.05, 4.69) is 29.1 Å². The zero-order valence-electron chi connectivity index (χ0n) is 8.83. The summed E-state index contributed by atoms with van der Waals surface area (Å²) >= 11 is 0. The van der Waals surface area contributed by atoms with Gasteiger partial charge in [0.25, 0.3) is 0 Å². The third-order valence-corrected chi connectivity index (χ3v) is 1.91. The first-order valence-electron chi connectivity index (χ1n) is 4.96. The lowest BCUT2D eigenvalue weighted by molar-refractivity contribution is 0.531. The number of nitrogens with one attached hydrogen (secondary N) is 1. The van der Waals surface area contributed by atoms with Crippen molar-refractivity contribution >= 4 is 5.82 Å². The molecule has 0 aromatic carbocycles. The molecule has 1 heterocycles. The molecule has 0 saturated carbocycles. The van der Waals surface area contributed by atoms with Gasteiger partial charge in [0.2, 0.25) is 0 Å². The van der Waals surface area contributed by atoms with Crippen LogP contribution in [0, 0.1) is 5.92 Å². The fraction of sp³-hybridized carbons (Fsp3) is 0.600. The molecule has 4 heteroatoms. The first-order valence-corrected chi connectivity index (χ1v) is 4.96. The highest BCUT2D eigenvalue weighted by atomic mass is 15.0. The molecule has 3 N–H and O–H groups in total. The number of hydrogen-bond donors (Lipinski definition) is 2. The predicted molar refractivity (Wildman–Crippen MR) is 57.6 cm³/mol. The van der Waals surface area contributed by atoms with Gasteiger partial charge in [0.15, 0.2) is 0 Å². The molecule has 1 aromatic heterocycles. The molecule has 0 aliphatic rings. The molecule has 1 rings (SSSR count). The maximum atomic E-state index is 5.53. The largest absolute Gasteiger partial charge is 0.384 e. The van der Waals surface area contributed by atoms with Crippen molar-refractivity contribution in [3.63, 3.8) is 0 Å². The van der Waals surface area contributed by atoms with Crippen molar-refractivity contribution < 1.29 is 0 Å². The Morgan fingerprint density at radius 1 is 1.50 bits per heavy atom. The van der Waals surface area contributed by atoms with Crippen LogP contribution in [0.25, 0.3) is 0 Å². The van der Waals surface area contributed by atoms with E-state index in [1.54, 1.807) is 12.3 Å². The Bertz CT molecular complexity index is 273. The van der Waals surface area contributed by atoms with Gasteiger partial charge in [0, 0.05) is 6.20 Å². The Morgan fingerprint density at radius 2 is 2.29 bits per heavy atom. The lowest BCUT2D eigenvalue weighted by atomic mass is 10.1. The van der Waals surface area contributed by atoms with Crippen molar-refractivity contribution in [2.45, 2.75) is 26.8 Å². The lowest BCUT2D eigenvalue weighted by Crippen LogP contribution is -2.18. The Hall–Kier alpha value is -1.16. The number of hydrogen-bond acceptors (Lipinski definition) is 4. The highest BCUT2D eigenvalue weighted by Gasteiger charge is 1.97. The van der Waals surface area contributed by atoms with E-state index in [1.165, 1.54) is 6.42 Å². The van der Waals surface area contributed by atoms with E-state index in [9.17, 15) is 0 Å². The second kappa shape index (κ2) is 5.54. The minimum Gasteiger partial charge on any atom is -0.384 e. The van der Waals surface area contributed by atoms with Gasteiger partial charge in [-0.2, -0.15) is 0 Å². The fourth-order valence-corrected chi connectivity index (χ4v) is 1.09. The Morgan fingerprint density at radius 3 is 2.93 bits per heavy atom. The second-order valence-corrected chi connectivity index (χ2v) is 3.76. The van der Waals surface area contributed by atoms with Gasteiger partial charge in [0.05, 0.1) is 6.54 Å². The van der Waals surface area contributed by atoms with E-state index in [0.29, 0.717) is 12.4 Å². The Kier molecular flexibility index (Phi) is 4.32. The third-order valence-electron chi connectivity index (χ3n) is 1.91. The van der Waals surface area contributed by atoms with Crippen molar-refractivity contribution in [2.24, 2.45) is 5.92 Å². The summed E-state index contributed by atoms with van der Waals surface area (Å²) in [5.74, 6) is 2.01. The zero-order valence-corrected chi connectivity index (χ0v) is 8.83. The van der Waals surface area contributed by atoms with Crippen LogP contribution in [0.15, 0.2) is 12.3 Å². The number of aromatic nitrogens is 2. The molecule has 14 heavy (non-hydrogen) atoms. The summed E-state index contributed by atoms with van der Waals surface area (Å²) in [5, 5.41) is 3.28. The van der Waals surface area contributed by atoms with Crippen LogP contribution in [0.1, 0.15) is 26.1 Å². The highest BCUT2D eigenvalue weighted by molar-refractivity contribution is 5.24. The number of nitrogens with two attached hydrogens (primary N) is 1. The molecule has 0 bridgehead atoms. The van der Waals surface area contributed by atoms with E-state index < -0.39 is 0 Å². The normalized spacial score (nSPS) is 10.8. The van der Waals surface area contributed by atoms with Crippen molar-refractivity contribution in [3.8, 4) is 0 Å². The SMILES string of the molecule is CC(C)CCNCc1nccc(N)n1. The van der Waals surface area contributed by atoms with Crippen LogP contribution in [-0.4, -0.2) is 16.5 Å². The summed E-state index contributed by atoms with van der Waals surface area (Å²) in [4.78, 5) is 8.20. The standard InChI is InChI=1S/C10H18N4/c1-8(2)3-5-12-7-10-13-6-4-9(11)14-10/h4,6,8,12H,3,5,7H2,1-2H3,(H2,11,13,14). The van der Waals surface area contributed by atoms with Crippen LogP contribution in [-0.2, 0) is 6.54 Å². The predicted octanol–water partition coefficient (Wildman–Crippen LogP) is 1.19. The minimum atomic E-state index is 0.528. The van der Waals surface area contributed by atoms with Gasteiger partial charge in [-0.15, -0.1) is 0 Å². The van der Waals surface area contributed by atoms with Crippen LogP contribution in [0.3, 0.4) is 0 Å². The van der Waals surface area contributed by atoms with Gasteiger partial charge < -0.3 is 11.1 Å². The molecule has 0 atom stereocenters. The average molecular weight is 194 g/mol. The first kappa shape index (κ1) is 10.9. The quantitative estimate of drug-likeness (QED) is 0.691. The molecule has 1 aromatic rings. The molecule has 0 aliphatic heterocycles. The summed E-state index contributed by atoms with van der Waals surface area (Å²) in [5.41, 5.74) is 5.53. The summed E-state index contributed by atoms with van der Waals surface area (Å²) in [6, 6.07) is 1.69. The van der Waals surface area contributed by atoms with Crippen LogP contribution < -0.4 is 11.1 Å². The van der Waals surface area contributed by atoms with Crippen molar-refractivity contribution in [1.82, 2.24) is 15.3 Å². The molecule has 0 radical (unpaired) electrons. The van der Waals surface area contributed by atoms with E-state index in [4.69, 9.17) is 5.73 Å². The monoisotopic (exact) mass is 194 g/mol. The summed E-state index contributed by atoms with van der Waals surface area (Å²) in [7, 11) is 0. The second-order valence-electron chi connectivity index (χ2n) is 3.76. The molecular formula is C10H18N4. The molecule has 0 aliphatic carbocycles. The van der Waals surface area contributed by atoms with Crippen molar-refractivity contribution in [3.05, 3.63) is 18.1 Å². The van der Waals surface area contributed by atoms with Crippen LogP contribution in [0.5, 0.6) is 0 Å². The van der Waals surface area contributed by atoms with E-state index in [1.807, 2.05) is 0 Å². The van der Waals surface area contributed by atoms with Crippen molar-refractivity contribution in [2.75, 3.05) is 12.3 Å².